The molecule has 1 N–H and O–H groups in total. The molecule has 0 bridgehead atoms. The van der Waals surface area contributed by atoms with Crippen LogP contribution in [-0.2, 0) is 24.5 Å². The predicted molar refractivity (Wildman–Crippen MR) is 91.9 cm³/mol. The average Bonchev–Trinajstić information content (AvgIpc) is 3.23. The van der Waals surface area contributed by atoms with Crippen molar-refractivity contribution in [2.75, 3.05) is 0 Å². The lowest BCUT2D eigenvalue weighted by Gasteiger charge is -2.12. The molecule has 1 atom stereocenters. The van der Waals surface area contributed by atoms with Gasteiger partial charge >= 0.3 is 5.97 Å². The van der Waals surface area contributed by atoms with E-state index in [9.17, 15) is 9.90 Å². The smallest absolute Gasteiger partial charge is 0.325 e. The minimum absolute atomic E-state index is 0.154. The van der Waals surface area contributed by atoms with Crippen molar-refractivity contribution in [1.82, 2.24) is 35.0 Å². The number of hydrogen-bond acceptors (Lipinski definition) is 7. The Kier molecular flexibility index (Phi) is 4.77. The zero-order chi connectivity index (χ0) is 18.6. The molecule has 0 fully saturated rings. The molecule has 1 aliphatic rings. The summed E-state index contributed by atoms with van der Waals surface area (Å²) in [7, 11) is 0. The fraction of sp³-hybridized carbons (Fsp3) is 0.412. The lowest BCUT2D eigenvalue weighted by atomic mass is 10.0. The van der Waals surface area contributed by atoms with Crippen LogP contribution in [0.1, 0.15) is 42.7 Å². The first kappa shape index (κ1) is 17.1. The molecule has 140 valence electrons. The van der Waals surface area contributed by atoms with E-state index in [1.807, 2.05) is 30.3 Å². The van der Waals surface area contributed by atoms with Gasteiger partial charge in [0, 0.05) is 6.54 Å². The minimum Gasteiger partial charge on any atom is -0.486 e. The zero-order valence-corrected chi connectivity index (χ0v) is 14.6. The van der Waals surface area contributed by atoms with Crippen LogP contribution in [0.5, 0.6) is 5.75 Å². The van der Waals surface area contributed by atoms with Crippen molar-refractivity contribution in [3.8, 4) is 5.75 Å². The molecule has 3 heterocycles. The van der Waals surface area contributed by atoms with Gasteiger partial charge in [0.1, 0.15) is 24.7 Å². The van der Waals surface area contributed by atoms with Gasteiger partial charge < -0.3 is 9.84 Å². The number of hydrogen-bond donors (Lipinski definition) is 1. The number of benzene rings is 1. The van der Waals surface area contributed by atoms with Crippen molar-refractivity contribution in [3.05, 3.63) is 47.8 Å². The Labute approximate surface area is 154 Å². The molecule has 0 aliphatic carbocycles. The number of aliphatic carboxylic acids is 1. The van der Waals surface area contributed by atoms with Gasteiger partial charge in [0.2, 0.25) is 0 Å². The van der Waals surface area contributed by atoms with Gasteiger partial charge in [-0.1, -0.05) is 24.6 Å². The molecule has 10 nitrogen and oxygen atoms in total. The SMILES string of the molecule is O=C(O)Cn1nc(COc2ccccc2)nc1[C@H]1CCCCn2nnnc21. The Morgan fingerprint density at radius 1 is 1.22 bits per heavy atom. The van der Waals surface area contributed by atoms with Crippen LogP contribution in [0.4, 0.5) is 0 Å². The Balaban J connectivity index is 1.63. The van der Waals surface area contributed by atoms with Crippen molar-refractivity contribution in [3.63, 3.8) is 0 Å². The summed E-state index contributed by atoms with van der Waals surface area (Å²) in [5.41, 5.74) is 0. The van der Waals surface area contributed by atoms with E-state index >= 15 is 0 Å². The predicted octanol–water partition coefficient (Wildman–Crippen LogP) is 1.24. The summed E-state index contributed by atoms with van der Waals surface area (Å²) in [6, 6.07) is 9.34. The van der Waals surface area contributed by atoms with Crippen molar-refractivity contribution in [2.24, 2.45) is 0 Å². The molecule has 27 heavy (non-hydrogen) atoms. The number of para-hydroxylation sites is 1. The van der Waals surface area contributed by atoms with Crippen LogP contribution >= 0.6 is 0 Å². The maximum absolute atomic E-state index is 11.3. The number of carboxylic acids is 1. The van der Waals surface area contributed by atoms with E-state index in [0.29, 0.717) is 23.2 Å². The van der Waals surface area contributed by atoms with E-state index in [4.69, 9.17) is 4.74 Å². The van der Waals surface area contributed by atoms with Gasteiger partial charge in [-0.15, -0.1) is 5.10 Å². The van der Waals surface area contributed by atoms with Crippen molar-refractivity contribution in [2.45, 2.75) is 44.9 Å². The molecule has 2 aromatic heterocycles. The highest BCUT2D eigenvalue weighted by Crippen LogP contribution is 2.29. The fourth-order valence-electron chi connectivity index (χ4n) is 3.23. The highest BCUT2D eigenvalue weighted by Gasteiger charge is 2.29. The van der Waals surface area contributed by atoms with Gasteiger partial charge in [-0.3, -0.25) is 4.79 Å². The van der Waals surface area contributed by atoms with Crippen LogP contribution in [0, 0.1) is 0 Å². The van der Waals surface area contributed by atoms with E-state index in [0.717, 1.165) is 25.8 Å². The highest BCUT2D eigenvalue weighted by atomic mass is 16.5. The van der Waals surface area contributed by atoms with Crippen LogP contribution in [0.15, 0.2) is 30.3 Å². The summed E-state index contributed by atoms with van der Waals surface area (Å²) in [5.74, 6) is 1.21. The number of nitrogens with zero attached hydrogens (tertiary/aromatic N) is 7. The molecule has 3 aromatic rings. The Hall–Kier alpha value is -3.30. The van der Waals surface area contributed by atoms with Gasteiger partial charge in [-0.25, -0.2) is 14.3 Å². The van der Waals surface area contributed by atoms with Gasteiger partial charge in [-0.05, 0) is 35.4 Å². The lowest BCUT2D eigenvalue weighted by molar-refractivity contribution is -0.137. The molecule has 0 unspecified atom stereocenters. The first-order chi connectivity index (χ1) is 13.2. The number of aromatic nitrogens is 7. The second kappa shape index (κ2) is 7.52. The summed E-state index contributed by atoms with van der Waals surface area (Å²) in [4.78, 5) is 15.9. The molecule has 1 aliphatic heterocycles. The first-order valence-electron chi connectivity index (χ1n) is 8.80. The molecule has 0 saturated carbocycles. The third-order valence-electron chi connectivity index (χ3n) is 4.44. The summed E-state index contributed by atoms with van der Waals surface area (Å²) < 4.78 is 8.88. The summed E-state index contributed by atoms with van der Waals surface area (Å²) in [6.07, 6.45) is 2.72. The van der Waals surface area contributed by atoms with Gasteiger partial charge in [0.25, 0.3) is 0 Å². The normalized spacial score (nSPS) is 16.5. The van der Waals surface area contributed by atoms with Gasteiger partial charge in [0.05, 0.1) is 5.92 Å². The molecule has 0 amide bonds. The average molecular weight is 369 g/mol. The van der Waals surface area contributed by atoms with Crippen LogP contribution in [0.25, 0.3) is 0 Å². The maximum Gasteiger partial charge on any atom is 0.325 e. The van der Waals surface area contributed by atoms with Crippen LogP contribution in [0.3, 0.4) is 0 Å². The monoisotopic (exact) mass is 369 g/mol. The summed E-state index contributed by atoms with van der Waals surface area (Å²) >= 11 is 0. The standard InChI is InChI=1S/C17H19N7O3/c25-15(26)10-24-16(13-8-4-5-9-23-17(13)19-21-22-23)18-14(20-24)11-27-12-6-2-1-3-7-12/h1-3,6-7,13H,4-5,8-11H2,(H,25,26)/t13-/m1/s1. The molecule has 10 heteroatoms. The fourth-order valence-corrected chi connectivity index (χ4v) is 3.23. The van der Waals surface area contributed by atoms with Crippen molar-refractivity contribution < 1.29 is 14.6 Å². The second-order valence-electron chi connectivity index (χ2n) is 6.35. The Morgan fingerprint density at radius 2 is 2.07 bits per heavy atom. The summed E-state index contributed by atoms with van der Waals surface area (Å²) in [5, 5.41) is 25.5. The second-order valence-corrected chi connectivity index (χ2v) is 6.35. The van der Waals surface area contributed by atoms with E-state index < -0.39 is 5.97 Å². The molecule has 4 rings (SSSR count). The maximum atomic E-state index is 11.3. The quantitative estimate of drug-likeness (QED) is 0.689. The number of tetrazole rings is 1. The molecular weight excluding hydrogens is 350 g/mol. The van der Waals surface area contributed by atoms with Crippen LogP contribution in [-0.4, -0.2) is 46.0 Å². The molecule has 0 saturated heterocycles. The first-order valence-corrected chi connectivity index (χ1v) is 8.80. The molecular formula is C17H19N7O3. The largest absolute Gasteiger partial charge is 0.486 e. The summed E-state index contributed by atoms with van der Waals surface area (Å²) in [6.45, 7) is 0.628. The minimum atomic E-state index is -0.982. The number of aryl methyl sites for hydroxylation is 1. The molecule has 0 spiro atoms. The van der Waals surface area contributed by atoms with Crippen LogP contribution in [0.2, 0.25) is 0 Å². The molecule has 1 aromatic carbocycles. The van der Waals surface area contributed by atoms with Crippen molar-refractivity contribution >= 4 is 5.97 Å². The van der Waals surface area contributed by atoms with Gasteiger partial charge in [-0.2, -0.15) is 5.10 Å². The number of rotatable bonds is 6. The number of fused-ring (bicyclic) bond motifs is 1. The van der Waals surface area contributed by atoms with Crippen LogP contribution < -0.4 is 4.74 Å². The third-order valence-corrected chi connectivity index (χ3v) is 4.44. The van der Waals surface area contributed by atoms with E-state index in [2.05, 4.69) is 25.6 Å². The molecule has 0 radical (unpaired) electrons. The highest BCUT2D eigenvalue weighted by molar-refractivity contribution is 5.66. The third kappa shape index (κ3) is 3.78. The topological polar surface area (TPSA) is 121 Å². The Bertz CT molecular complexity index is 922. The lowest BCUT2D eigenvalue weighted by Crippen LogP contribution is -2.18. The van der Waals surface area contributed by atoms with E-state index in [1.54, 1.807) is 4.68 Å². The van der Waals surface area contributed by atoms with E-state index in [1.165, 1.54) is 4.68 Å². The van der Waals surface area contributed by atoms with Crippen molar-refractivity contribution in [1.29, 1.82) is 0 Å². The number of ether oxygens (including phenoxy) is 1. The van der Waals surface area contributed by atoms with E-state index in [-0.39, 0.29) is 19.1 Å². The zero-order valence-electron chi connectivity index (χ0n) is 14.6. The van der Waals surface area contributed by atoms with Gasteiger partial charge in [0.15, 0.2) is 11.6 Å². The number of carbonyl (C=O) groups is 1. The number of carboxylic acid groups (broad SMARTS) is 1. The Morgan fingerprint density at radius 3 is 2.89 bits per heavy atom.